The third-order valence-electron chi connectivity index (χ3n) is 4.75. The maximum atomic E-state index is 12.1. The second-order valence-electron chi connectivity index (χ2n) is 7.40. The van der Waals surface area contributed by atoms with Gasteiger partial charge in [0.1, 0.15) is 9.88 Å². The number of thiazole rings is 1. The number of aliphatic imine (C=N–C) groups is 1. The lowest BCUT2D eigenvalue weighted by molar-refractivity contribution is 0.0531. The molecule has 1 heterocycles. The Kier molecular flexibility index (Phi) is 9.94. The number of hydrogen-bond donors (Lipinski definition) is 2. The number of ether oxygens (including phenoxy) is 1. The number of carbonyl (C=O) groups excluding carboxylic acids is 1. The van der Waals surface area contributed by atoms with Crippen LogP contribution in [0.5, 0.6) is 0 Å². The number of benzene rings is 1. The summed E-state index contributed by atoms with van der Waals surface area (Å²) in [6.45, 7) is 13.5. The normalized spacial score (nSPS) is 12.7. The Morgan fingerprint density at radius 3 is 2.71 bits per heavy atom. The Bertz CT molecular complexity index is 881. The van der Waals surface area contributed by atoms with Crippen molar-refractivity contribution in [1.29, 1.82) is 0 Å². The van der Waals surface area contributed by atoms with Crippen LogP contribution in [-0.2, 0) is 17.8 Å². The monoisotopic (exact) mass is 445 g/mol. The second kappa shape index (κ2) is 12.4. The van der Waals surface area contributed by atoms with Gasteiger partial charge in [0, 0.05) is 13.1 Å². The molecule has 0 aliphatic carbocycles. The Morgan fingerprint density at radius 2 is 2.03 bits per heavy atom. The maximum Gasteiger partial charge on any atom is 0.350 e. The van der Waals surface area contributed by atoms with Crippen molar-refractivity contribution >= 4 is 23.3 Å². The van der Waals surface area contributed by atoms with Gasteiger partial charge in [0.2, 0.25) is 0 Å². The minimum absolute atomic E-state index is 0.0887. The number of nitrogens with one attached hydrogen (secondary N) is 2. The summed E-state index contributed by atoms with van der Waals surface area (Å²) < 4.78 is 5.12. The molecule has 2 N–H and O–H groups in total. The zero-order valence-electron chi connectivity index (χ0n) is 19.5. The smallest absolute Gasteiger partial charge is 0.350 e. The van der Waals surface area contributed by atoms with E-state index in [-0.39, 0.29) is 12.0 Å². The molecule has 0 saturated heterocycles. The van der Waals surface area contributed by atoms with Gasteiger partial charge in [-0.05, 0) is 52.4 Å². The third-order valence-corrected chi connectivity index (χ3v) is 6.07. The summed E-state index contributed by atoms with van der Waals surface area (Å²) in [7, 11) is 2.12. The number of carbonyl (C=O) groups is 1. The molecule has 0 radical (unpaired) electrons. The Morgan fingerprint density at radius 1 is 1.29 bits per heavy atom. The van der Waals surface area contributed by atoms with Gasteiger partial charge >= 0.3 is 5.97 Å². The van der Waals surface area contributed by atoms with E-state index in [0.717, 1.165) is 30.6 Å². The zero-order chi connectivity index (χ0) is 22.8. The van der Waals surface area contributed by atoms with E-state index in [9.17, 15) is 4.79 Å². The fraction of sp³-hybridized carbons (Fsp3) is 0.522. The van der Waals surface area contributed by atoms with E-state index >= 15 is 0 Å². The van der Waals surface area contributed by atoms with Crippen LogP contribution in [-0.4, -0.2) is 48.6 Å². The Hall–Kier alpha value is -2.45. The van der Waals surface area contributed by atoms with Gasteiger partial charge in [-0.15, -0.1) is 11.3 Å². The van der Waals surface area contributed by atoms with Crippen molar-refractivity contribution in [3.05, 3.63) is 51.0 Å². The number of aromatic nitrogens is 1. The van der Waals surface area contributed by atoms with Crippen molar-refractivity contribution in [1.82, 2.24) is 20.5 Å². The molecule has 31 heavy (non-hydrogen) atoms. The van der Waals surface area contributed by atoms with E-state index in [2.05, 4.69) is 58.8 Å². The third kappa shape index (κ3) is 7.63. The molecule has 0 amide bonds. The molecule has 2 rings (SSSR count). The molecule has 1 aromatic heterocycles. The van der Waals surface area contributed by atoms with Gasteiger partial charge in [-0.25, -0.2) is 14.8 Å². The lowest BCUT2D eigenvalue weighted by Gasteiger charge is -2.16. The second-order valence-corrected chi connectivity index (χ2v) is 8.43. The molecule has 0 bridgehead atoms. The SMILES string of the molecule is CCNC(=NCc1cccc(CN(C)CC)c1)NC(C)c1nc(C)c(C(=O)OCC)s1. The van der Waals surface area contributed by atoms with E-state index in [4.69, 9.17) is 9.73 Å². The average molecular weight is 446 g/mol. The minimum atomic E-state index is -0.315. The van der Waals surface area contributed by atoms with E-state index < -0.39 is 0 Å². The standard InChI is InChI=1S/C23H35N5O2S/c1-7-24-23(25-14-18-11-10-12-19(13-18)15-28(6)8-2)27-17(5)21-26-16(4)20(31-21)22(29)30-9-3/h10-13,17H,7-9,14-15H2,1-6H3,(H2,24,25,27). The molecule has 1 unspecified atom stereocenters. The van der Waals surface area contributed by atoms with Gasteiger partial charge < -0.3 is 20.3 Å². The Labute approximate surface area is 189 Å². The molecule has 8 heteroatoms. The molecule has 0 fully saturated rings. The number of hydrogen-bond acceptors (Lipinski definition) is 6. The van der Waals surface area contributed by atoms with Gasteiger partial charge in [0.25, 0.3) is 0 Å². The first-order valence-electron chi connectivity index (χ1n) is 10.8. The van der Waals surface area contributed by atoms with Crippen molar-refractivity contribution in [2.45, 2.75) is 53.8 Å². The summed E-state index contributed by atoms with van der Waals surface area (Å²) in [5, 5.41) is 7.52. The van der Waals surface area contributed by atoms with Crippen molar-refractivity contribution in [2.24, 2.45) is 4.99 Å². The molecule has 0 spiro atoms. The topological polar surface area (TPSA) is 78.9 Å². The van der Waals surface area contributed by atoms with Crippen LogP contribution in [0.2, 0.25) is 0 Å². The molecule has 1 aromatic carbocycles. The van der Waals surface area contributed by atoms with Gasteiger partial charge in [-0.3, -0.25) is 0 Å². The summed E-state index contributed by atoms with van der Waals surface area (Å²) in [6, 6.07) is 8.45. The first kappa shape index (κ1) is 24.8. The van der Waals surface area contributed by atoms with Crippen LogP contribution in [0, 0.1) is 6.92 Å². The average Bonchev–Trinajstić information content (AvgIpc) is 3.14. The lowest BCUT2D eigenvalue weighted by Crippen LogP contribution is -2.38. The first-order valence-corrected chi connectivity index (χ1v) is 11.6. The summed E-state index contributed by atoms with van der Waals surface area (Å²) in [5.74, 6) is 0.404. The highest BCUT2D eigenvalue weighted by atomic mass is 32.1. The molecule has 0 saturated carbocycles. The molecular weight excluding hydrogens is 410 g/mol. The Balaban J connectivity index is 2.09. The van der Waals surface area contributed by atoms with Crippen LogP contribution < -0.4 is 10.6 Å². The van der Waals surface area contributed by atoms with Crippen LogP contribution in [0.25, 0.3) is 0 Å². The number of rotatable bonds is 10. The van der Waals surface area contributed by atoms with Crippen molar-refractivity contribution in [3.8, 4) is 0 Å². The molecule has 2 aromatic rings. The number of nitrogens with zero attached hydrogens (tertiary/aromatic N) is 3. The molecule has 0 aliphatic heterocycles. The predicted octanol–water partition coefficient (Wildman–Crippen LogP) is 3.90. The quantitative estimate of drug-likeness (QED) is 0.328. The van der Waals surface area contributed by atoms with Gasteiger partial charge in [0.15, 0.2) is 5.96 Å². The zero-order valence-corrected chi connectivity index (χ0v) is 20.3. The van der Waals surface area contributed by atoms with E-state index in [0.29, 0.717) is 23.7 Å². The maximum absolute atomic E-state index is 12.1. The van der Waals surface area contributed by atoms with Gasteiger partial charge in [0.05, 0.1) is 24.9 Å². The van der Waals surface area contributed by atoms with Gasteiger partial charge in [-0.2, -0.15) is 0 Å². The van der Waals surface area contributed by atoms with Gasteiger partial charge in [-0.1, -0.05) is 31.2 Å². The first-order chi connectivity index (χ1) is 14.9. The van der Waals surface area contributed by atoms with Crippen LogP contribution in [0.1, 0.15) is 65.2 Å². The summed E-state index contributed by atoms with van der Waals surface area (Å²) in [6.07, 6.45) is 0. The highest BCUT2D eigenvalue weighted by Gasteiger charge is 2.20. The van der Waals surface area contributed by atoms with Crippen molar-refractivity contribution < 1.29 is 9.53 Å². The molecule has 0 aliphatic rings. The molecular formula is C23H35N5O2S. The number of esters is 1. The van der Waals surface area contributed by atoms with Crippen LogP contribution >= 0.6 is 11.3 Å². The van der Waals surface area contributed by atoms with Crippen molar-refractivity contribution in [2.75, 3.05) is 26.7 Å². The largest absolute Gasteiger partial charge is 0.462 e. The van der Waals surface area contributed by atoms with E-state index in [1.807, 2.05) is 20.8 Å². The summed E-state index contributed by atoms with van der Waals surface area (Å²) in [4.78, 5) is 24.2. The lowest BCUT2D eigenvalue weighted by atomic mass is 10.1. The fourth-order valence-electron chi connectivity index (χ4n) is 3.00. The minimum Gasteiger partial charge on any atom is -0.462 e. The number of aryl methyl sites for hydroxylation is 1. The van der Waals surface area contributed by atoms with Crippen LogP contribution in [0.4, 0.5) is 0 Å². The highest BCUT2D eigenvalue weighted by Crippen LogP contribution is 2.24. The molecule has 170 valence electrons. The fourth-order valence-corrected chi connectivity index (χ4v) is 3.96. The molecule has 7 nitrogen and oxygen atoms in total. The summed E-state index contributed by atoms with van der Waals surface area (Å²) >= 11 is 1.36. The van der Waals surface area contributed by atoms with Crippen LogP contribution in [0.3, 0.4) is 0 Å². The van der Waals surface area contributed by atoms with E-state index in [1.54, 1.807) is 6.92 Å². The van der Waals surface area contributed by atoms with Crippen LogP contribution in [0.15, 0.2) is 29.3 Å². The predicted molar refractivity (Wildman–Crippen MR) is 128 cm³/mol. The number of guanidine groups is 1. The van der Waals surface area contributed by atoms with Crippen molar-refractivity contribution in [3.63, 3.8) is 0 Å². The highest BCUT2D eigenvalue weighted by molar-refractivity contribution is 7.13. The summed E-state index contributed by atoms with van der Waals surface area (Å²) in [5.41, 5.74) is 3.15. The van der Waals surface area contributed by atoms with E-state index in [1.165, 1.54) is 22.5 Å². The molecule has 1 atom stereocenters.